The van der Waals surface area contributed by atoms with Gasteiger partial charge in [0.25, 0.3) is 0 Å². The summed E-state index contributed by atoms with van der Waals surface area (Å²) in [5.41, 5.74) is 0.774. The molecule has 1 saturated heterocycles. The smallest absolute Gasteiger partial charge is 0.224 e. The standard InChI is InChI=1S/C18H29N3O3S.ClH/c1-2-10-19-11-12-20-18(22)17-9-6-13-21(14-17)25(23,24)15-16-7-4-3-5-8-16;/h3-5,7-8,17,19H,2,6,9-15H2,1H3,(H,20,22);1H. The summed E-state index contributed by atoms with van der Waals surface area (Å²) in [5, 5.41) is 6.14. The fourth-order valence-electron chi connectivity index (χ4n) is 3.01. The van der Waals surface area contributed by atoms with Crippen LogP contribution in [-0.2, 0) is 20.6 Å². The Bertz CT molecular complexity index is 640. The van der Waals surface area contributed by atoms with Gasteiger partial charge in [0, 0.05) is 26.2 Å². The van der Waals surface area contributed by atoms with E-state index < -0.39 is 10.0 Å². The number of amides is 1. The second-order valence-corrected chi connectivity index (χ2v) is 8.45. The maximum Gasteiger partial charge on any atom is 0.224 e. The van der Waals surface area contributed by atoms with Crippen molar-refractivity contribution in [3.05, 3.63) is 35.9 Å². The minimum atomic E-state index is -3.39. The van der Waals surface area contributed by atoms with Crippen molar-refractivity contribution < 1.29 is 13.2 Å². The number of hydrogen-bond donors (Lipinski definition) is 2. The molecule has 1 aliphatic heterocycles. The molecule has 0 aliphatic carbocycles. The molecule has 1 atom stereocenters. The Morgan fingerprint density at radius 3 is 2.62 bits per heavy atom. The van der Waals surface area contributed by atoms with Gasteiger partial charge >= 0.3 is 0 Å². The molecule has 148 valence electrons. The van der Waals surface area contributed by atoms with E-state index >= 15 is 0 Å². The SMILES string of the molecule is CCCNCCNC(=O)C1CCCN(S(=O)(=O)Cc2ccccc2)C1.Cl. The average Bonchev–Trinajstić information content (AvgIpc) is 2.62. The van der Waals surface area contributed by atoms with E-state index in [9.17, 15) is 13.2 Å². The summed E-state index contributed by atoms with van der Waals surface area (Å²) in [7, 11) is -3.39. The molecule has 1 amide bonds. The second kappa shape index (κ2) is 11.5. The molecule has 1 fully saturated rings. The first-order valence-corrected chi connectivity index (χ1v) is 10.6. The van der Waals surface area contributed by atoms with E-state index in [1.54, 1.807) is 0 Å². The summed E-state index contributed by atoms with van der Waals surface area (Å²) < 4.78 is 26.8. The average molecular weight is 404 g/mol. The summed E-state index contributed by atoms with van der Waals surface area (Å²) in [6, 6.07) is 9.17. The molecule has 1 aromatic rings. The highest BCUT2D eigenvalue weighted by molar-refractivity contribution is 7.88. The number of piperidine rings is 1. The highest BCUT2D eigenvalue weighted by atomic mass is 35.5. The van der Waals surface area contributed by atoms with Gasteiger partial charge in [0.05, 0.1) is 11.7 Å². The maximum atomic E-state index is 12.6. The second-order valence-electron chi connectivity index (χ2n) is 6.48. The van der Waals surface area contributed by atoms with Crippen LogP contribution in [0.1, 0.15) is 31.7 Å². The molecule has 0 radical (unpaired) electrons. The van der Waals surface area contributed by atoms with E-state index in [0.717, 1.165) is 37.9 Å². The van der Waals surface area contributed by atoms with Crippen LogP contribution in [0.15, 0.2) is 30.3 Å². The van der Waals surface area contributed by atoms with Gasteiger partial charge in [0.2, 0.25) is 15.9 Å². The van der Waals surface area contributed by atoms with Crippen LogP contribution in [0.3, 0.4) is 0 Å². The molecule has 0 aromatic heterocycles. The zero-order valence-electron chi connectivity index (χ0n) is 15.3. The lowest BCUT2D eigenvalue weighted by Crippen LogP contribution is -2.46. The van der Waals surface area contributed by atoms with Crippen molar-refractivity contribution in [2.24, 2.45) is 5.92 Å². The van der Waals surface area contributed by atoms with Crippen LogP contribution in [0.25, 0.3) is 0 Å². The molecule has 1 heterocycles. The van der Waals surface area contributed by atoms with E-state index in [0.29, 0.717) is 13.1 Å². The van der Waals surface area contributed by atoms with Crippen LogP contribution >= 0.6 is 12.4 Å². The van der Waals surface area contributed by atoms with E-state index in [2.05, 4.69) is 17.6 Å². The molecule has 1 aromatic carbocycles. The molecule has 8 heteroatoms. The third-order valence-corrected chi connectivity index (χ3v) is 6.18. The molecular formula is C18H30ClN3O3S. The largest absolute Gasteiger partial charge is 0.355 e. The minimum absolute atomic E-state index is 0. The van der Waals surface area contributed by atoms with Crippen LogP contribution < -0.4 is 10.6 Å². The topological polar surface area (TPSA) is 78.5 Å². The van der Waals surface area contributed by atoms with Crippen LogP contribution in [0, 0.1) is 5.92 Å². The van der Waals surface area contributed by atoms with E-state index in [1.807, 2.05) is 30.3 Å². The Kier molecular flexibility index (Phi) is 10.2. The number of benzene rings is 1. The molecule has 0 spiro atoms. The van der Waals surface area contributed by atoms with Crippen molar-refractivity contribution in [3.63, 3.8) is 0 Å². The molecule has 1 unspecified atom stereocenters. The lowest BCUT2D eigenvalue weighted by Gasteiger charge is -2.31. The Balaban J connectivity index is 0.00000338. The van der Waals surface area contributed by atoms with E-state index in [-0.39, 0.29) is 36.5 Å². The number of carbonyl (C=O) groups is 1. The number of nitrogens with one attached hydrogen (secondary N) is 2. The number of carbonyl (C=O) groups excluding carboxylic acids is 1. The predicted molar refractivity (Wildman–Crippen MR) is 107 cm³/mol. The Morgan fingerprint density at radius 2 is 1.92 bits per heavy atom. The van der Waals surface area contributed by atoms with Crippen LogP contribution in [0.4, 0.5) is 0 Å². The van der Waals surface area contributed by atoms with Crippen molar-refractivity contribution in [1.29, 1.82) is 0 Å². The number of sulfonamides is 1. The molecule has 2 rings (SSSR count). The van der Waals surface area contributed by atoms with Gasteiger partial charge in [-0.1, -0.05) is 37.3 Å². The molecule has 2 N–H and O–H groups in total. The van der Waals surface area contributed by atoms with Gasteiger partial charge in [0.1, 0.15) is 0 Å². The Hall–Kier alpha value is -1.15. The zero-order chi connectivity index (χ0) is 18.1. The summed E-state index contributed by atoms with van der Waals surface area (Å²) in [5.74, 6) is -0.313. The first kappa shape index (κ1) is 22.9. The summed E-state index contributed by atoms with van der Waals surface area (Å²) in [4.78, 5) is 12.3. The molecule has 1 aliphatic rings. The van der Waals surface area contributed by atoms with Crippen LogP contribution in [-0.4, -0.2) is 51.4 Å². The van der Waals surface area contributed by atoms with Gasteiger partial charge in [-0.3, -0.25) is 4.79 Å². The number of halogens is 1. The Labute approximate surface area is 163 Å². The molecule has 0 saturated carbocycles. The van der Waals surface area contributed by atoms with E-state index in [1.165, 1.54) is 4.31 Å². The minimum Gasteiger partial charge on any atom is -0.355 e. The van der Waals surface area contributed by atoms with Crippen molar-refractivity contribution in [2.45, 2.75) is 31.9 Å². The van der Waals surface area contributed by atoms with Crippen LogP contribution in [0.5, 0.6) is 0 Å². The van der Waals surface area contributed by atoms with Crippen molar-refractivity contribution in [3.8, 4) is 0 Å². The molecular weight excluding hydrogens is 374 g/mol. The van der Waals surface area contributed by atoms with Gasteiger partial charge in [-0.05, 0) is 31.4 Å². The monoisotopic (exact) mass is 403 g/mol. The highest BCUT2D eigenvalue weighted by Gasteiger charge is 2.32. The molecule has 26 heavy (non-hydrogen) atoms. The predicted octanol–water partition coefficient (Wildman–Crippen LogP) is 1.77. The highest BCUT2D eigenvalue weighted by Crippen LogP contribution is 2.21. The summed E-state index contributed by atoms with van der Waals surface area (Å²) in [6.07, 6.45) is 2.52. The molecule has 0 bridgehead atoms. The normalized spacial score (nSPS) is 18.1. The van der Waals surface area contributed by atoms with Crippen molar-refractivity contribution in [2.75, 3.05) is 32.7 Å². The number of hydrogen-bond acceptors (Lipinski definition) is 4. The summed E-state index contributed by atoms with van der Waals surface area (Å²) >= 11 is 0. The first-order valence-electron chi connectivity index (χ1n) is 9.03. The number of rotatable bonds is 9. The lowest BCUT2D eigenvalue weighted by molar-refractivity contribution is -0.126. The van der Waals surface area contributed by atoms with Crippen molar-refractivity contribution >= 4 is 28.3 Å². The van der Waals surface area contributed by atoms with Crippen LogP contribution in [0.2, 0.25) is 0 Å². The quantitative estimate of drug-likeness (QED) is 0.616. The zero-order valence-corrected chi connectivity index (χ0v) is 16.9. The third kappa shape index (κ3) is 7.23. The van der Waals surface area contributed by atoms with Gasteiger partial charge in [-0.2, -0.15) is 0 Å². The van der Waals surface area contributed by atoms with Gasteiger partial charge in [0.15, 0.2) is 0 Å². The van der Waals surface area contributed by atoms with Gasteiger partial charge in [-0.25, -0.2) is 12.7 Å². The molecule has 6 nitrogen and oxygen atoms in total. The first-order chi connectivity index (χ1) is 12.0. The Morgan fingerprint density at radius 1 is 1.19 bits per heavy atom. The fourth-order valence-corrected chi connectivity index (χ4v) is 4.62. The van der Waals surface area contributed by atoms with Gasteiger partial charge < -0.3 is 10.6 Å². The van der Waals surface area contributed by atoms with Crippen molar-refractivity contribution in [1.82, 2.24) is 14.9 Å². The lowest BCUT2D eigenvalue weighted by atomic mass is 9.99. The fraction of sp³-hybridized carbons (Fsp3) is 0.611. The van der Waals surface area contributed by atoms with E-state index in [4.69, 9.17) is 0 Å². The maximum absolute atomic E-state index is 12.6. The summed E-state index contributed by atoms with van der Waals surface area (Å²) in [6.45, 7) is 5.12. The third-order valence-electron chi connectivity index (χ3n) is 4.37. The van der Waals surface area contributed by atoms with Gasteiger partial charge in [-0.15, -0.1) is 12.4 Å². The number of nitrogens with zero attached hydrogens (tertiary/aromatic N) is 1.